The van der Waals surface area contributed by atoms with Gasteiger partial charge in [-0.2, -0.15) is 0 Å². The maximum atomic E-state index is 10.2. The van der Waals surface area contributed by atoms with Gasteiger partial charge in [0.1, 0.15) is 0 Å². The van der Waals surface area contributed by atoms with Crippen molar-refractivity contribution >= 4 is 0 Å². The van der Waals surface area contributed by atoms with Gasteiger partial charge in [0.05, 0.1) is 6.10 Å². The van der Waals surface area contributed by atoms with Crippen LogP contribution in [-0.2, 0) is 0 Å². The summed E-state index contributed by atoms with van der Waals surface area (Å²) >= 11 is 0. The van der Waals surface area contributed by atoms with Crippen molar-refractivity contribution in [1.82, 2.24) is 4.90 Å². The van der Waals surface area contributed by atoms with Crippen molar-refractivity contribution < 1.29 is 5.11 Å². The Labute approximate surface area is 101 Å². The van der Waals surface area contributed by atoms with Crippen molar-refractivity contribution in [3.8, 4) is 0 Å². The van der Waals surface area contributed by atoms with Crippen LogP contribution in [0.5, 0.6) is 0 Å². The molecular formula is C14H29NO. The van der Waals surface area contributed by atoms with Gasteiger partial charge in [-0.1, -0.05) is 33.1 Å². The van der Waals surface area contributed by atoms with Gasteiger partial charge in [0.15, 0.2) is 0 Å². The van der Waals surface area contributed by atoms with Gasteiger partial charge in [0.2, 0.25) is 0 Å². The molecule has 0 bridgehead atoms. The summed E-state index contributed by atoms with van der Waals surface area (Å²) in [5, 5.41) is 10.2. The first-order valence-corrected chi connectivity index (χ1v) is 6.96. The lowest BCUT2D eigenvalue weighted by molar-refractivity contribution is 0.0207. The quantitative estimate of drug-likeness (QED) is 0.746. The van der Waals surface area contributed by atoms with Crippen LogP contribution in [0.1, 0.15) is 59.8 Å². The molecule has 0 aromatic carbocycles. The molecule has 1 aliphatic carbocycles. The molecule has 1 saturated carbocycles. The van der Waals surface area contributed by atoms with E-state index in [1.807, 2.05) is 0 Å². The van der Waals surface area contributed by atoms with E-state index in [0.717, 1.165) is 13.0 Å². The monoisotopic (exact) mass is 227 g/mol. The third kappa shape index (κ3) is 4.06. The van der Waals surface area contributed by atoms with Gasteiger partial charge in [0, 0.05) is 18.6 Å². The fourth-order valence-corrected chi connectivity index (χ4v) is 2.81. The molecule has 0 heterocycles. The summed E-state index contributed by atoms with van der Waals surface area (Å²) in [6, 6.07) is 0.935. The molecule has 96 valence electrons. The summed E-state index contributed by atoms with van der Waals surface area (Å²) in [6.07, 6.45) is 5.83. The summed E-state index contributed by atoms with van der Waals surface area (Å²) in [6.45, 7) is 10.1. The molecule has 2 nitrogen and oxygen atoms in total. The van der Waals surface area contributed by atoms with Gasteiger partial charge in [-0.05, 0) is 32.6 Å². The molecule has 0 amide bonds. The van der Waals surface area contributed by atoms with Gasteiger partial charge in [-0.15, -0.1) is 0 Å². The first-order chi connectivity index (χ1) is 7.52. The molecule has 2 heteroatoms. The second-order valence-electron chi connectivity index (χ2n) is 5.96. The Hall–Kier alpha value is -0.0800. The third-order valence-electron chi connectivity index (χ3n) is 3.61. The van der Waals surface area contributed by atoms with Crippen molar-refractivity contribution in [1.29, 1.82) is 0 Å². The van der Waals surface area contributed by atoms with E-state index in [9.17, 15) is 5.11 Å². The van der Waals surface area contributed by atoms with E-state index in [0.29, 0.717) is 18.0 Å². The number of rotatable bonds is 4. The molecule has 1 rings (SSSR count). The summed E-state index contributed by atoms with van der Waals surface area (Å²) in [5.41, 5.74) is 0. The van der Waals surface area contributed by atoms with E-state index < -0.39 is 0 Å². The lowest BCUT2D eigenvalue weighted by atomic mass is 10.0. The second kappa shape index (κ2) is 6.61. The van der Waals surface area contributed by atoms with Crippen molar-refractivity contribution in [2.75, 3.05) is 6.54 Å². The average molecular weight is 227 g/mol. The van der Waals surface area contributed by atoms with Gasteiger partial charge >= 0.3 is 0 Å². The van der Waals surface area contributed by atoms with Gasteiger partial charge < -0.3 is 5.11 Å². The zero-order valence-corrected chi connectivity index (χ0v) is 11.4. The molecule has 0 aromatic rings. The molecule has 0 spiro atoms. The van der Waals surface area contributed by atoms with Crippen molar-refractivity contribution in [2.24, 2.45) is 5.92 Å². The predicted molar refractivity (Wildman–Crippen MR) is 69.6 cm³/mol. The van der Waals surface area contributed by atoms with Crippen LogP contribution in [0.2, 0.25) is 0 Å². The van der Waals surface area contributed by atoms with E-state index in [1.165, 1.54) is 25.7 Å². The molecule has 1 fully saturated rings. The Morgan fingerprint density at radius 2 is 1.69 bits per heavy atom. The molecule has 16 heavy (non-hydrogen) atoms. The van der Waals surface area contributed by atoms with Crippen LogP contribution in [0.15, 0.2) is 0 Å². The number of aliphatic hydroxyl groups excluding tert-OH is 1. The maximum absolute atomic E-state index is 10.2. The topological polar surface area (TPSA) is 23.5 Å². The SMILES string of the molecule is CC(C)CN(C(C)C)C1CCCCCC1O. The summed E-state index contributed by atoms with van der Waals surface area (Å²) < 4.78 is 0. The van der Waals surface area contributed by atoms with Gasteiger partial charge in [-0.25, -0.2) is 0 Å². The number of nitrogens with zero attached hydrogens (tertiary/aromatic N) is 1. The van der Waals surface area contributed by atoms with E-state index in [4.69, 9.17) is 0 Å². The fraction of sp³-hybridized carbons (Fsp3) is 1.00. The fourth-order valence-electron chi connectivity index (χ4n) is 2.81. The summed E-state index contributed by atoms with van der Waals surface area (Å²) in [7, 11) is 0. The Morgan fingerprint density at radius 1 is 1.06 bits per heavy atom. The molecule has 0 radical (unpaired) electrons. The second-order valence-corrected chi connectivity index (χ2v) is 5.96. The Morgan fingerprint density at radius 3 is 2.25 bits per heavy atom. The standard InChI is InChI=1S/C14H29NO/c1-11(2)10-15(12(3)4)13-8-6-5-7-9-14(13)16/h11-14,16H,5-10H2,1-4H3. The Bertz CT molecular complexity index is 191. The van der Waals surface area contributed by atoms with Crippen LogP contribution >= 0.6 is 0 Å². The van der Waals surface area contributed by atoms with Gasteiger partial charge in [-0.3, -0.25) is 4.90 Å². The maximum Gasteiger partial charge on any atom is 0.0695 e. The molecule has 0 aromatic heterocycles. The van der Waals surface area contributed by atoms with Crippen LogP contribution < -0.4 is 0 Å². The lowest BCUT2D eigenvalue weighted by Gasteiger charge is -2.38. The average Bonchev–Trinajstić information content (AvgIpc) is 2.39. The van der Waals surface area contributed by atoms with E-state index in [1.54, 1.807) is 0 Å². The van der Waals surface area contributed by atoms with E-state index in [-0.39, 0.29) is 6.10 Å². The first-order valence-electron chi connectivity index (χ1n) is 6.96. The van der Waals surface area contributed by atoms with Crippen LogP contribution in [0.3, 0.4) is 0 Å². The van der Waals surface area contributed by atoms with Crippen molar-refractivity contribution in [3.05, 3.63) is 0 Å². The minimum Gasteiger partial charge on any atom is -0.391 e. The first kappa shape index (κ1) is 14.0. The molecule has 1 aliphatic rings. The highest BCUT2D eigenvalue weighted by Gasteiger charge is 2.29. The summed E-state index contributed by atoms with van der Waals surface area (Å²) in [4.78, 5) is 2.51. The zero-order valence-electron chi connectivity index (χ0n) is 11.4. The van der Waals surface area contributed by atoms with E-state index in [2.05, 4.69) is 32.6 Å². The Kier molecular flexibility index (Phi) is 5.77. The predicted octanol–water partition coefficient (Wildman–Crippen LogP) is 3.05. The highest BCUT2D eigenvalue weighted by Crippen LogP contribution is 2.24. The zero-order chi connectivity index (χ0) is 12.1. The highest BCUT2D eigenvalue weighted by atomic mass is 16.3. The summed E-state index contributed by atoms with van der Waals surface area (Å²) in [5.74, 6) is 0.679. The number of hydrogen-bond donors (Lipinski definition) is 1. The smallest absolute Gasteiger partial charge is 0.0695 e. The van der Waals surface area contributed by atoms with Crippen LogP contribution in [0, 0.1) is 5.92 Å². The Balaban J connectivity index is 2.66. The van der Waals surface area contributed by atoms with Crippen LogP contribution in [0.25, 0.3) is 0 Å². The third-order valence-corrected chi connectivity index (χ3v) is 3.61. The molecule has 0 aliphatic heterocycles. The molecule has 2 unspecified atom stereocenters. The minimum atomic E-state index is -0.108. The van der Waals surface area contributed by atoms with Gasteiger partial charge in [0.25, 0.3) is 0 Å². The van der Waals surface area contributed by atoms with Crippen LogP contribution in [-0.4, -0.2) is 34.7 Å². The molecule has 0 saturated heterocycles. The highest BCUT2D eigenvalue weighted by molar-refractivity contribution is 4.84. The van der Waals surface area contributed by atoms with E-state index >= 15 is 0 Å². The lowest BCUT2D eigenvalue weighted by Crippen LogP contribution is -2.48. The molecular weight excluding hydrogens is 198 g/mol. The largest absolute Gasteiger partial charge is 0.391 e. The molecule has 2 atom stereocenters. The normalized spacial score (nSPS) is 27.8. The van der Waals surface area contributed by atoms with Crippen molar-refractivity contribution in [2.45, 2.75) is 78.0 Å². The molecule has 1 N–H and O–H groups in total. The van der Waals surface area contributed by atoms with Crippen LogP contribution in [0.4, 0.5) is 0 Å². The number of hydrogen-bond acceptors (Lipinski definition) is 2. The minimum absolute atomic E-state index is 0.108. The van der Waals surface area contributed by atoms with Crippen molar-refractivity contribution in [3.63, 3.8) is 0 Å². The number of aliphatic hydroxyl groups is 1.